The summed E-state index contributed by atoms with van der Waals surface area (Å²) in [5.74, 6) is 0. The molecule has 1 aromatic carbocycles. The molecular formula is C13H10N4O2S. The zero-order chi connectivity index (χ0) is 13.9. The highest BCUT2D eigenvalue weighted by molar-refractivity contribution is 7.09. The van der Waals surface area contributed by atoms with Crippen LogP contribution in [0, 0.1) is 10.1 Å². The molecule has 0 radical (unpaired) electrons. The van der Waals surface area contributed by atoms with Crippen LogP contribution in [0.1, 0.15) is 4.88 Å². The lowest BCUT2D eigenvalue weighted by molar-refractivity contribution is -0.383. The minimum Gasteiger partial charge on any atom is -0.380 e. The summed E-state index contributed by atoms with van der Waals surface area (Å²) in [5, 5.41) is 15.6. The van der Waals surface area contributed by atoms with E-state index in [1.54, 1.807) is 41.4 Å². The number of fused-ring (bicyclic) bond motifs is 1. The van der Waals surface area contributed by atoms with Crippen molar-refractivity contribution < 1.29 is 4.92 Å². The Labute approximate surface area is 118 Å². The second kappa shape index (κ2) is 5.22. The van der Waals surface area contributed by atoms with Gasteiger partial charge < -0.3 is 5.32 Å². The van der Waals surface area contributed by atoms with Crippen molar-refractivity contribution in [1.29, 1.82) is 0 Å². The summed E-state index contributed by atoms with van der Waals surface area (Å²) in [4.78, 5) is 19.7. The Hall–Kier alpha value is -2.54. The van der Waals surface area contributed by atoms with Gasteiger partial charge in [0, 0.05) is 40.6 Å². The van der Waals surface area contributed by atoms with Crippen LogP contribution in [0.5, 0.6) is 0 Å². The SMILES string of the molecule is O=[N+]([O-])c1ccc(NCc2cncs2)c2ccncc12. The number of benzene rings is 1. The first-order chi connectivity index (χ1) is 9.75. The van der Waals surface area contributed by atoms with Gasteiger partial charge in [-0.3, -0.25) is 20.1 Å². The second-order valence-electron chi connectivity index (χ2n) is 4.13. The topological polar surface area (TPSA) is 81.0 Å². The van der Waals surface area contributed by atoms with Crippen molar-refractivity contribution in [3.63, 3.8) is 0 Å². The van der Waals surface area contributed by atoms with Crippen molar-refractivity contribution in [2.45, 2.75) is 6.54 Å². The number of nitrogens with zero attached hydrogens (tertiary/aromatic N) is 3. The molecule has 7 heteroatoms. The molecule has 0 saturated heterocycles. The summed E-state index contributed by atoms with van der Waals surface area (Å²) in [6, 6.07) is 5.00. The number of rotatable bonds is 4. The number of non-ortho nitro benzene ring substituents is 1. The molecule has 0 amide bonds. The highest BCUT2D eigenvalue weighted by Crippen LogP contribution is 2.30. The van der Waals surface area contributed by atoms with Crippen molar-refractivity contribution in [3.05, 3.63) is 57.3 Å². The average molecular weight is 286 g/mol. The predicted octanol–water partition coefficient (Wildman–Crippen LogP) is 3.21. The van der Waals surface area contributed by atoms with Crippen LogP contribution in [0.4, 0.5) is 11.4 Å². The van der Waals surface area contributed by atoms with E-state index in [1.165, 1.54) is 12.3 Å². The number of nitrogens with one attached hydrogen (secondary N) is 1. The molecule has 6 nitrogen and oxygen atoms in total. The van der Waals surface area contributed by atoms with Crippen molar-refractivity contribution in [2.75, 3.05) is 5.32 Å². The predicted molar refractivity (Wildman–Crippen MR) is 77.8 cm³/mol. The smallest absolute Gasteiger partial charge is 0.278 e. The monoisotopic (exact) mass is 286 g/mol. The largest absolute Gasteiger partial charge is 0.380 e. The summed E-state index contributed by atoms with van der Waals surface area (Å²) in [6.07, 6.45) is 4.95. The lowest BCUT2D eigenvalue weighted by atomic mass is 10.1. The fourth-order valence-electron chi connectivity index (χ4n) is 2.00. The maximum Gasteiger partial charge on any atom is 0.278 e. The molecule has 3 rings (SSSR count). The lowest BCUT2D eigenvalue weighted by Crippen LogP contribution is -1.99. The highest BCUT2D eigenvalue weighted by Gasteiger charge is 2.14. The molecule has 2 aromatic heterocycles. The molecule has 100 valence electrons. The van der Waals surface area contributed by atoms with Gasteiger partial charge in [-0.2, -0.15) is 0 Å². The second-order valence-corrected chi connectivity index (χ2v) is 5.10. The third-order valence-corrected chi connectivity index (χ3v) is 3.71. The number of hydrogen-bond donors (Lipinski definition) is 1. The average Bonchev–Trinajstić information content (AvgIpc) is 2.97. The molecule has 2 heterocycles. The minimum atomic E-state index is -0.392. The van der Waals surface area contributed by atoms with Gasteiger partial charge in [-0.05, 0) is 12.1 Å². The number of thiazole rings is 1. The highest BCUT2D eigenvalue weighted by atomic mass is 32.1. The number of anilines is 1. The van der Waals surface area contributed by atoms with Crippen LogP contribution in [-0.2, 0) is 6.54 Å². The Morgan fingerprint density at radius 3 is 2.85 bits per heavy atom. The Morgan fingerprint density at radius 1 is 1.20 bits per heavy atom. The number of nitro benzene ring substituents is 1. The van der Waals surface area contributed by atoms with E-state index in [9.17, 15) is 10.1 Å². The van der Waals surface area contributed by atoms with E-state index < -0.39 is 4.92 Å². The standard InChI is InChI=1S/C13H10N4O2S/c18-17(19)13-2-1-12(10-3-4-14-7-11(10)13)16-6-9-5-15-8-20-9/h1-5,7-8,16H,6H2. The van der Waals surface area contributed by atoms with Crippen LogP contribution in [0.2, 0.25) is 0 Å². The van der Waals surface area contributed by atoms with Crippen molar-refractivity contribution in [1.82, 2.24) is 9.97 Å². The molecule has 0 spiro atoms. The third kappa shape index (κ3) is 2.30. The fourth-order valence-corrected chi connectivity index (χ4v) is 2.53. The lowest BCUT2D eigenvalue weighted by Gasteiger charge is -2.08. The van der Waals surface area contributed by atoms with E-state index in [-0.39, 0.29) is 5.69 Å². The van der Waals surface area contributed by atoms with Gasteiger partial charge in [-0.15, -0.1) is 11.3 Å². The van der Waals surface area contributed by atoms with Crippen LogP contribution in [0.3, 0.4) is 0 Å². The number of hydrogen-bond acceptors (Lipinski definition) is 6. The summed E-state index contributed by atoms with van der Waals surface area (Å²) < 4.78 is 0. The summed E-state index contributed by atoms with van der Waals surface area (Å²) in [6.45, 7) is 0.639. The van der Waals surface area contributed by atoms with E-state index in [4.69, 9.17) is 0 Å². The maximum absolute atomic E-state index is 11.0. The van der Waals surface area contributed by atoms with Crippen molar-refractivity contribution >= 4 is 33.5 Å². The normalized spacial score (nSPS) is 10.6. The fraction of sp³-hybridized carbons (Fsp3) is 0.0769. The van der Waals surface area contributed by atoms with Gasteiger partial charge in [-0.25, -0.2) is 0 Å². The summed E-state index contributed by atoms with van der Waals surface area (Å²) in [7, 11) is 0. The van der Waals surface area contributed by atoms with Crippen LogP contribution < -0.4 is 5.32 Å². The van der Waals surface area contributed by atoms with E-state index in [2.05, 4.69) is 15.3 Å². The molecular weight excluding hydrogens is 276 g/mol. The number of aromatic nitrogens is 2. The molecule has 20 heavy (non-hydrogen) atoms. The van der Waals surface area contributed by atoms with Gasteiger partial charge in [0.2, 0.25) is 0 Å². The first-order valence-corrected chi connectivity index (χ1v) is 6.76. The van der Waals surface area contributed by atoms with E-state index in [0.717, 1.165) is 16.0 Å². The van der Waals surface area contributed by atoms with Crippen LogP contribution in [0.15, 0.2) is 42.3 Å². The van der Waals surface area contributed by atoms with Crippen LogP contribution >= 0.6 is 11.3 Å². The zero-order valence-corrected chi connectivity index (χ0v) is 11.1. The quantitative estimate of drug-likeness (QED) is 0.588. The van der Waals surface area contributed by atoms with Crippen molar-refractivity contribution in [2.24, 2.45) is 0 Å². The zero-order valence-electron chi connectivity index (χ0n) is 10.3. The molecule has 0 fully saturated rings. The first-order valence-electron chi connectivity index (χ1n) is 5.88. The van der Waals surface area contributed by atoms with Gasteiger partial charge in [0.15, 0.2) is 0 Å². The van der Waals surface area contributed by atoms with Gasteiger partial charge >= 0.3 is 0 Å². The Bertz CT molecular complexity index is 758. The van der Waals surface area contributed by atoms with E-state index >= 15 is 0 Å². The Balaban J connectivity index is 1.99. The van der Waals surface area contributed by atoms with Gasteiger partial charge in [0.05, 0.1) is 22.4 Å². The van der Waals surface area contributed by atoms with Gasteiger partial charge in [0.1, 0.15) is 0 Å². The molecule has 0 atom stereocenters. The minimum absolute atomic E-state index is 0.0661. The van der Waals surface area contributed by atoms with Gasteiger partial charge in [0.25, 0.3) is 5.69 Å². The summed E-state index contributed by atoms with van der Waals surface area (Å²) in [5.41, 5.74) is 2.69. The molecule has 0 aliphatic heterocycles. The number of nitro groups is 1. The Kier molecular flexibility index (Phi) is 3.26. The Morgan fingerprint density at radius 2 is 2.10 bits per heavy atom. The van der Waals surface area contributed by atoms with Gasteiger partial charge in [-0.1, -0.05) is 0 Å². The first kappa shape index (κ1) is 12.5. The molecule has 3 aromatic rings. The third-order valence-electron chi connectivity index (χ3n) is 2.93. The number of pyridine rings is 1. The molecule has 0 bridgehead atoms. The summed E-state index contributed by atoms with van der Waals surface area (Å²) >= 11 is 1.56. The maximum atomic E-state index is 11.0. The van der Waals surface area contributed by atoms with E-state index in [0.29, 0.717) is 11.9 Å². The van der Waals surface area contributed by atoms with Crippen LogP contribution in [-0.4, -0.2) is 14.9 Å². The molecule has 1 N–H and O–H groups in total. The van der Waals surface area contributed by atoms with E-state index in [1.807, 2.05) is 0 Å². The molecule has 0 aliphatic carbocycles. The van der Waals surface area contributed by atoms with Crippen LogP contribution in [0.25, 0.3) is 10.8 Å². The molecule has 0 unspecified atom stereocenters. The van der Waals surface area contributed by atoms with Crippen molar-refractivity contribution in [3.8, 4) is 0 Å². The molecule has 0 aliphatic rings. The molecule has 0 saturated carbocycles.